The first kappa shape index (κ1) is 21.6. The Morgan fingerprint density at radius 3 is 2.60 bits per heavy atom. The van der Waals surface area contributed by atoms with Gasteiger partial charge in [0.2, 0.25) is 0 Å². The molecule has 2 aromatic carbocycles. The second-order valence-electron chi connectivity index (χ2n) is 6.42. The third-order valence-corrected chi connectivity index (χ3v) is 5.12. The molecule has 0 bridgehead atoms. The van der Waals surface area contributed by atoms with Gasteiger partial charge >= 0.3 is 0 Å². The molecule has 1 heterocycles. The molecule has 3 aromatic rings. The second kappa shape index (κ2) is 11.2. The standard InChI is InChI=1S/C22H25N5O2S/c1-3-14-29-19-12-10-17(11-13-19)15-23-24-20(28)16-30-22-26-25-21(27(22)4-2)18-8-6-5-7-9-18/h5-13,15H,3-4,14,16H2,1-2H3,(H,24,28)/b23-15+. The first-order valence-corrected chi connectivity index (χ1v) is 10.9. The van der Waals surface area contributed by atoms with Crippen LogP contribution < -0.4 is 10.2 Å². The summed E-state index contributed by atoms with van der Waals surface area (Å²) in [7, 11) is 0. The van der Waals surface area contributed by atoms with Gasteiger partial charge in [-0.3, -0.25) is 4.79 Å². The number of thioether (sulfide) groups is 1. The molecule has 0 radical (unpaired) electrons. The van der Waals surface area contributed by atoms with Crippen molar-refractivity contribution in [2.45, 2.75) is 32.0 Å². The van der Waals surface area contributed by atoms with Crippen molar-refractivity contribution in [3.63, 3.8) is 0 Å². The van der Waals surface area contributed by atoms with Gasteiger partial charge in [-0.25, -0.2) is 5.43 Å². The Balaban J connectivity index is 1.51. The van der Waals surface area contributed by atoms with Crippen molar-refractivity contribution in [2.75, 3.05) is 12.4 Å². The van der Waals surface area contributed by atoms with E-state index in [0.717, 1.165) is 35.7 Å². The summed E-state index contributed by atoms with van der Waals surface area (Å²) >= 11 is 1.34. The van der Waals surface area contributed by atoms with Crippen molar-refractivity contribution in [3.05, 3.63) is 60.2 Å². The highest BCUT2D eigenvalue weighted by atomic mass is 32.2. The molecule has 7 nitrogen and oxygen atoms in total. The number of hydrogen-bond donors (Lipinski definition) is 1. The van der Waals surface area contributed by atoms with Crippen molar-refractivity contribution in [1.82, 2.24) is 20.2 Å². The van der Waals surface area contributed by atoms with Gasteiger partial charge in [-0.2, -0.15) is 5.10 Å². The Morgan fingerprint density at radius 1 is 1.13 bits per heavy atom. The predicted molar refractivity (Wildman–Crippen MR) is 120 cm³/mol. The van der Waals surface area contributed by atoms with Crippen LogP contribution in [0.2, 0.25) is 0 Å². The fourth-order valence-corrected chi connectivity index (χ4v) is 3.49. The molecule has 3 rings (SSSR count). The lowest BCUT2D eigenvalue weighted by atomic mass is 10.2. The van der Waals surface area contributed by atoms with E-state index in [9.17, 15) is 4.79 Å². The molecule has 156 valence electrons. The molecule has 0 aliphatic carbocycles. The first-order chi connectivity index (χ1) is 14.7. The maximum absolute atomic E-state index is 12.1. The number of aromatic nitrogens is 3. The predicted octanol–water partition coefficient (Wildman–Crippen LogP) is 4.00. The number of hydrazone groups is 1. The van der Waals surface area contributed by atoms with E-state index in [1.165, 1.54) is 11.8 Å². The van der Waals surface area contributed by atoms with Crippen LogP contribution in [0.4, 0.5) is 0 Å². The van der Waals surface area contributed by atoms with Gasteiger partial charge in [0, 0.05) is 12.1 Å². The summed E-state index contributed by atoms with van der Waals surface area (Å²) in [5.41, 5.74) is 4.43. The zero-order valence-corrected chi connectivity index (χ0v) is 17.9. The fourth-order valence-electron chi connectivity index (χ4n) is 2.69. The number of benzene rings is 2. The van der Waals surface area contributed by atoms with Crippen molar-refractivity contribution >= 4 is 23.9 Å². The summed E-state index contributed by atoms with van der Waals surface area (Å²) in [6.07, 6.45) is 2.57. The van der Waals surface area contributed by atoms with Crippen LogP contribution >= 0.6 is 11.8 Å². The second-order valence-corrected chi connectivity index (χ2v) is 7.36. The molecule has 0 fully saturated rings. The minimum absolute atomic E-state index is 0.202. The van der Waals surface area contributed by atoms with Crippen LogP contribution in [0.1, 0.15) is 25.8 Å². The molecular formula is C22H25N5O2S. The molecule has 0 atom stereocenters. The lowest BCUT2D eigenvalue weighted by Gasteiger charge is -2.07. The normalized spacial score (nSPS) is 11.0. The van der Waals surface area contributed by atoms with Crippen LogP contribution in [0, 0.1) is 0 Å². The van der Waals surface area contributed by atoms with Crippen LogP contribution in [-0.4, -0.2) is 39.2 Å². The van der Waals surface area contributed by atoms with Gasteiger partial charge in [0.05, 0.1) is 18.6 Å². The quantitative estimate of drug-likeness (QED) is 0.303. The number of nitrogens with one attached hydrogen (secondary N) is 1. The van der Waals surface area contributed by atoms with Crippen molar-refractivity contribution in [1.29, 1.82) is 0 Å². The van der Waals surface area contributed by atoms with Crippen LogP contribution in [0.15, 0.2) is 64.9 Å². The number of amides is 1. The van der Waals surface area contributed by atoms with E-state index in [2.05, 4.69) is 27.6 Å². The molecule has 0 saturated heterocycles. The van der Waals surface area contributed by atoms with Gasteiger partial charge in [-0.15, -0.1) is 10.2 Å². The smallest absolute Gasteiger partial charge is 0.250 e. The number of rotatable bonds is 10. The zero-order chi connectivity index (χ0) is 21.2. The third kappa shape index (κ3) is 5.93. The highest BCUT2D eigenvalue weighted by Crippen LogP contribution is 2.23. The summed E-state index contributed by atoms with van der Waals surface area (Å²) in [4.78, 5) is 12.1. The molecule has 30 heavy (non-hydrogen) atoms. The van der Waals surface area contributed by atoms with E-state index >= 15 is 0 Å². The minimum Gasteiger partial charge on any atom is -0.494 e. The number of carbonyl (C=O) groups is 1. The molecule has 8 heteroatoms. The molecule has 1 aromatic heterocycles. The van der Waals surface area contributed by atoms with Crippen LogP contribution in [0.3, 0.4) is 0 Å². The fraction of sp³-hybridized carbons (Fsp3) is 0.273. The summed E-state index contributed by atoms with van der Waals surface area (Å²) < 4.78 is 7.54. The lowest BCUT2D eigenvalue weighted by molar-refractivity contribution is -0.118. The highest BCUT2D eigenvalue weighted by Gasteiger charge is 2.14. The van der Waals surface area contributed by atoms with E-state index in [0.29, 0.717) is 11.8 Å². The summed E-state index contributed by atoms with van der Waals surface area (Å²) in [6, 6.07) is 17.4. The minimum atomic E-state index is -0.203. The molecule has 0 spiro atoms. The Hall–Kier alpha value is -3.13. The average Bonchev–Trinajstić information content (AvgIpc) is 3.20. The maximum Gasteiger partial charge on any atom is 0.250 e. The molecular weight excluding hydrogens is 398 g/mol. The van der Waals surface area contributed by atoms with Crippen molar-refractivity contribution < 1.29 is 9.53 Å². The van der Waals surface area contributed by atoms with Gasteiger partial charge in [0.1, 0.15) is 5.75 Å². The van der Waals surface area contributed by atoms with Gasteiger partial charge in [-0.05, 0) is 43.2 Å². The maximum atomic E-state index is 12.1. The van der Waals surface area contributed by atoms with Crippen molar-refractivity contribution in [3.8, 4) is 17.1 Å². The largest absolute Gasteiger partial charge is 0.494 e. The van der Waals surface area contributed by atoms with E-state index < -0.39 is 0 Å². The Morgan fingerprint density at radius 2 is 1.90 bits per heavy atom. The summed E-state index contributed by atoms with van der Waals surface area (Å²) in [5.74, 6) is 1.62. The van der Waals surface area contributed by atoms with E-state index in [-0.39, 0.29) is 11.7 Å². The molecule has 0 aliphatic heterocycles. The molecule has 0 unspecified atom stereocenters. The molecule has 1 N–H and O–H groups in total. The van der Waals surface area contributed by atoms with Gasteiger partial charge in [0.25, 0.3) is 5.91 Å². The van der Waals surface area contributed by atoms with Gasteiger partial charge in [0.15, 0.2) is 11.0 Å². The SMILES string of the molecule is CCCOc1ccc(/C=N/NC(=O)CSc2nnc(-c3ccccc3)n2CC)cc1. The van der Waals surface area contributed by atoms with E-state index in [1.54, 1.807) is 6.21 Å². The highest BCUT2D eigenvalue weighted by molar-refractivity contribution is 7.99. The van der Waals surface area contributed by atoms with Crippen LogP contribution in [0.25, 0.3) is 11.4 Å². The number of ether oxygens (including phenoxy) is 1. The average molecular weight is 424 g/mol. The van der Waals surface area contributed by atoms with E-state index in [4.69, 9.17) is 4.74 Å². The summed E-state index contributed by atoms with van der Waals surface area (Å²) in [5, 5.41) is 13.2. The Kier molecular flexibility index (Phi) is 8.02. The first-order valence-electron chi connectivity index (χ1n) is 9.87. The molecule has 1 amide bonds. The third-order valence-electron chi connectivity index (χ3n) is 4.15. The number of carbonyl (C=O) groups excluding carboxylic acids is 1. The van der Waals surface area contributed by atoms with Gasteiger partial charge < -0.3 is 9.30 Å². The van der Waals surface area contributed by atoms with Gasteiger partial charge in [-0.1, -0.05) is 49.0 Å². The number of hydrogen-bond acceptors (Lipinski definition) is 6. The Bertz CT molecular complexity index is 971. The number of nitrogens with zero attached hydrogens (tertiary/aromatic N) is 4. The van der Waals surface area contributed by atoms with Crippen LogP contribution in [-0.2, 0) is 11.3 Å². The monoisotopic (exact) mass is 423 g/mol. The molecule has 0 saturated carbocycles. The van der Waals surface area contributed by atoms with Crippen LogP contribution in [0.5, 0.6) is 5.75 Å². The zero-order valence-electron chi connectivity index (χ0n) is 17.1. The Labute approximate surface area is 180 Å². The summed E-state index contributed by atoms with van der Waals surface area (Å²) in [6.45, 7) is 5.51. The lowest BCUT2D eigenvalue weighted by Crippen LogP contribution is -2.20. The van der Waals surface area contributed by atoms with E-state index in [1.807, 2.05) is 66.1 Å². The molecule has 0 aliphatic rings. The van der Waals surface area contributed by atoms with Crippen molar-refractivity contribution in [2.24, 2.45) is 5.10 Å². The topological polar surface area (TPSA) is 81.4 Å².